The maximum absolute atomic E-state index is 13.2. The minimum Gasteiger partial charge on any atom is -0.351 e. The summed E-state index contributed by atoms with van der Waals surface area (Å²) in [5.41, 5.74) is 3.24. The Labute approximate surface area is 181 Å². The molecule has 0 radical (unpaired) electrons. The highest BCUT2D eigenvalue weighted by Gasteiger charge is 2.22. The van der Waals surface area contributed by atoms with Crippen LogP contribution in [0.2, 0.25) is 0 Å². The summed E-state index contributed by atoms with van der Waals surface area (Å²) in [6.07, 6.45) is 3.72. The van der Waals surface area contributed by atoms with Gasteiger partial charge in [-0.25, -0.2) is 0 Å². The van der Waals surface area contributed by atoms with Gasteiger partial charge in [0.2, 0.25) is 5.91 Å². The van der Waals surface area contributed by atoms with E-state index >= 15 is 0 Å². The number of carbonyl (C=O) groups excluding carboxylic acids is 1. The number of rotatable bonds is 8. The Morgan fingerprint density at radius 3 is 2.23 bits per heavy atom. The molecule has 0 spiro atoms. The molecule has 0 aliphatic carbocycles. The smallest absolute Gasteiger partial charge is 0.238 e. The van der Waals surface area contributed by atoms with Crippen molar-refractivity contribution in [3.63, 3.8) is 0 Å². The third-order valence-electron chi connectivity index (χ3n) is 4.80. The Kier molecular flexibility index (Phi) is 6.62. The number of hydrogen-bond donors (Lipinski definition) is 1. The second kappa shape index (κ2) is 9.94. The van der Waals surface area contributed by atoms with E-state index in [2.05, 4.69) is 22.5 Å². The summed E-state index contributed by atoms with van der Waals surface area (Å²) in [4.78, 5) is 14.3. The van der Waals surface area contributed by atoms with E-state index in [1.54, 1.807) is 18.0 Å². The second-order valence-electron chi connectivity index (χ2n) is 6.91. The topological polar surface area (TPSA) is 46.9 Å². The molecule has 0 aliphatic heterocycles. The first-order valence-electron chi connectivity index (χ1n) is 9.88. The fourth-order valence-electron chi connectivity index (χ4n) is 3.26. The molecule has 5 heteroatoms. The highest BCUT2D eigenvalue weighted by molar-refractivity contribution is 8.00. The van der Waals surface area contributed by atoms with Crippen molar-refractivity contribution in [3.05, 3.63) is 120 Å². The molecule has 0 aliphatic rings. The van der Waals surface area contributed by atoms with Crippen molar-refractivity contribution in [1.29, 1.82) is 0 Å². The number of amides is 1. The van der Waals surface area contributed by atoms with Crippen LogP contribution in [0, 0.1) is 0 Å². The lowest BCUT2D eigenvalue weighted by Gasteiger charge is -2.18. The molecule has 0 fully saturated rings. The number of thioether (sulfide) groups is 1. The van der Waals surface area contributed by atoms with Crippen LogP contribution < -0.4 is 5.32 Å². The summed E-state index contributed by atoms with van der Waals surface area (Å²) in [7, 11) is 0. The second-order valence-corrected chi connectivity index (χ2v) is 8.09. The Morgan fingerprint density at radius 1 is 0.867 bits per heavy atom. The number of carbonyl (C=O) groups is 1. The summed E-state index contributed by atoms with van der Waals surface area (Å²) < 4.78 is 1.89. The summed E-state index contributed by atoms with van der Waals surface area (Å²) in [5, 5.41) is 7.12. The van der Waals surface area contributed by atoms with Gasteiger partial charge in [0, 0.05) is 23.8 Å². The van der Waals surface area contributed by atoms with Gasteiger partial charge in [-0.3, -0.25) is 9.48 Å². The van der Waals surface area contributed by atoms with Gasteiger partial charge in [-0.1, -0.05) is 72.8 Å². The van der Waals surface area contributed by atoms with Crippen LogP contribution >= 0.6 is 11.8 Å². The van der Waals surface area contributed by atoms with Gasteiger partial charge in [0.25, 0.3) is 0 Å². The number of nitrogens with one attached hydrogen (secondary N) is 1. The standard InChI is InChI=1S/C25H23N3OS/c29-25(24(20-10-3-1-4-11-20)30-23-14-5-2-6-15-23)26-18-21-12-7-8-13-22(21)19-28-17-9-16-27-28/h1-17,24H,18-19H2,(H,26,29)/t24-/m1/s1. The van der Waals surface area contributed by atoms with Gasteiger partial charge in [-0.15, -0.1) is 11.8 Å². The van der Waals surface area contributed by atoms with Gasteiger partial charge >= 0.3 is 0 Å². The molecule has 0 unspecified atom stereocenters. The summed E-state index contributed by atoms with van der Waals surface area (Å²) in [5.74, 6) is 0.00365. The Hall–Kier alpha value is -3.31. The maximum Gasteiger partial charge on any atom is 0.238 e. The SMILES string of the molecule is O=C(NCc1ccccc1Cn1cccn1)[C@H](Sc1ccccc1)c1ccccc1. The molecule has 0 saturated heterocycles. The first-order chi connectivity index (χ1) is 14.8. The van der Waals surface area contributed by atoms with Gasteiger partial charge < -0.3 is 5.32 Å². The van der Waals surface area contributed by atoms with Crippen LogP contribution in [0.5, 0.6) is 0 Å². The lowest BCUT2D eigenvalue weighted by molar-refractivity contribution is -0.120. The van der Waals surface area contributed by atoms with Crippen molar-refractivity contribution < 1.29 is 4.79 Å². The lowest BCUT2D eigenvalue weighted by atomic mass is 10.1. The first-order valence-corrected chi connectivity index (χ1v) is 10.8. The molecule has 1 aromatic heterocycles. The summed E-state index contributed by atoms with van der Waals surface area (Å²) in [6.45, 7) is 1.16. The third kappa shape index (κ3) is 5.19. The zero-order chi connectivity index (χ0) is 20.6. The van der Waals surface area contributed by atoms with Gasteiger partial charge in [0.1, 0.15) is 5.25 Å². The van der Waals surface area contributed by atoms with Crippen molar-refractivity contribution in [2.45, 2.75) is 23.2 Å². The van der Waals surface area contributed by atoms with Crippen LogP contribution in [0.4, 0.5) is 0 Å². The van der Waals surface area contributed by atoms with Crippen molar-refractivity contribution in [3.8, 4) is 0 Å². The van der Waals surface area contributed by atoms with Crippen molar-refractivity contribution in [2.24, 2.45) is 0 Å². The van der Waals surface area contributed by atoms with Crippen molar-refractivity contribution in [2.75, 3.05) is 0 Å². The Bertz CT molecular complexity index is 1070. The number of benzene rings is 3. The molecule has 0 bridgehead atoms. The monoisotopic (exact) mass is 413 g/mol. The zero-order valence-corrected chi connectivity index (χ0v) is 17.3. The van der Waals surface area contributed by atoms with Gasteiger partial charge in [-0.05, 0) is 34.9 Å². The van der Waals surface area contributed by atoms with E-state index in [0.717, 1.165) is 21.6 Å². The molecule has 1 amide bonds. The van der Waals surface area contributed by atoms with E-state index in [9.17, 15) is 4.79 Å². The summed E-state index contributed by atoms with van der Waals surface area (Å²) in [6, 6.07) is 30.0. The van der Waals surface area contributed by atoms with Gasteiger partial charge in [-0.2, -0.15) is 5.10 Å². The quantitative estimate of drug-likeness (QED) is 0.410. The maximum atomic E-state index is 13.2. The highest BCUT2D eigenvalue weighted by Crippen LogP contribution is 2.35. The third-order valence-corrected chi connectivity index (χ3v) is 6.07. The highest BCUT2D eigenvalue weighted by atomic mass is 32.2. The van der Waals surface area contributed by atoms with E-state index in [4.69, 9.17) is 0 Å². The van der Waals surface area contributed by atoms with Crippen LogP contribution in [-0.2, 0) is 17.9 Å². The van der Waals surface area contributed by atoms with Crippen LogP contribution in [0.25, 0.3) is 0 Å². The van der Waals surface area contributed by atoms with Crippen molar-refractivity contribution in [1.82, 2.24) is 15.1 Å². The van der Waals surface area contributed by atoms with Crippen LogP contribution in [0.1, 0.15) is 21.9 Å². The fourth-order valence-corrected chi connectivity index (χ4v) is 4.33. The molecule has 1 atom stereocenters. The molecular formula is C25H23N3OS. The zero-order valence-electron chi connectivity index (χ0n) is 16.5. The van der Waals surface area contributed by atoms with E-state index in [1.807, 2.05) is 89.7 Å². The molecule has 4 nitrogen and oxygen atoms in total. The minimum atomic E-state index is -0.313. The average Bonchev–Trinajstić information content (AvgIpc) is 3.31. The molecule has 1 heterocycles. The normalized spacial score (nSPS) is 11.7. The Morgan fingerprint density at radius 2 is 1.53 bits per heavy atom. The van der Waals surface area contributed by atoms with Crippen LogP contribution in [-0.4, -0.2) is 15.7 Å². The predicted molar refractivity (Wildman–Crippen MR) is 121 cm³/mol. The van der Waals surface area contributed by atoms with Crippen molar-refractivity contribution >= 4 is 17.7 Å². The number of nitrogens with zero attached hydrogens (tertiary/aromatic N) is 2. The minimum absolute atomic E-state index is 0.00365. The number of hydrogen-bond acceptors (Lipinski definition) is 3. The first kappa shape index (κ1) is 20.0. The van der Waals surface area contributed by atoms with Crippen LogP contribution in [0.15, 0.2) is 108 Å². The molecule has 150 valence electrons. The largest absolute Gasteiger partial charge is 0.351 e. The molecule has 1 N–H and O–H groups in total. The van der Waals surface area contributed by atoms with E-state index in [-0.39, 0.29) is 11.2 Å². The molecule has 0 saturated carbocycles. The molecular weight excluding hydrogens is 390 g/mol. The molecule has 4 rings (SSSR count). The molecule has 30 heavy (non-hydrogen) atoms. The van der Waals surface area contributed by atoms with Gasteiger partial charge in [0.05, 0.1) is 6.54 Å². The molecule has 3 aromatic carbocycles. The van der Waals surface area contributed by atoms with E-state index < -0.39 is 0 Å². The molecule has 4 aromatic rings. The predicted octanol–water partition coefficient (Wildman–Crippen LogP) is 5.08. The van der Waals surface area contributed by atoms with Crippen LogP contribution in [0.3, 0.4) is 0 Å². The van der Waals surface area contributed by atoms with E-state index in [0.29, 0.717) is 13.1 Å². The number of aromatic nitrogens is 2. The summed E-state index contributed by atoms with van der Waals surface area (Å²) >= 11 is 1.57. The van der Waals surface area contributed by atoms with E-state index in [1.165, 1.54) is 0 Å². The Balaban J connectivity index is 1.49. The lowest BCUT2D eigenvalue weighted by Crippen LogP contribution is -2.28. The average molecular weight is 414 g/mol. The fraction of sp³-hybridized carbons (Fsp3) is 0.120. The van der Waals surface area contributed by atoms with Gasteiger partial charge in [0.15, 0.2) is 0 Å².